The molecule has 5 heteroatoms. The Bertz CT molecular complexity index is 732. The van der Waals surface area contributed by atoms with Gasteiger partial charge in [0.2, 0.25) is 0 Å². The van der Waals surface area contributed by atoms with Gasteiger partial charge < -0.3 is 10.0 Å². The lowest BCUT2D eigenvalue weighted by Crippen LogP contribution is -2.27. The number of para-hydroxylation sites is 1. The molecule has 0 aliphatic heterocycles. The number of benzene rings is 1. The van der Waals surface area contributed by atoms with Crippen LogP contribution in [0.15, 0.2) is 30.3 Å². The number of carbonyl (C=O) groups is 1. The third-order valence-corrected chi connectivity index (χ3v) is 3.68. The number of pyridine rings is 1. The van der Waals surface area contributed by atoms with Crippen molar-refractivity contribution >= 4 is 22.6 Å². The van der Waals surface area contributed by atoms with Crippen LogP contribution < -0.4 is 4.90 Å². The van der Waals surface area contributed by atoms with Crippen LogP contribution in [0.2, 0.25) is 0 Å². The smallest absolute Gasteiger partial charge is 0.354 e. The van der Waals surface area contributed by atoms with Crippen molar-refractivity contribution in [1.82, 2.24) is 4.98 Å². The van der Waals surface area contributed by atoms with Crippen LogP contribution in [0.4, 0.5) is 5.69 Å². The summed E-state index contributed by atoms with van der Waals surface area (Å²) >= 11 is 0. The van der Waals surface area contributed by atoms with E-state index >= 15 is 0 Å². The van der Waals surface area contributed by atoms with Crippen molar-refractivity contribution in [3.05, 3.63) is 36.0 Å². The average molecular weight is 281 g/mol. The van der Waals surface area contributed by atoms with E-state index in [1.807, 2.05) is 24.3 Å². The van der Waals surface area contributed by atoms with Gasteiger partial charge in [-0.25, -0.2) is 9.78 Å². The van der Waals surface area contributed by atoms with Crippen LogP contribution in [0, 0.1) is 11.3 Å². The van der Waals surface area contributed by atoms with Gasteiger partial charge in [0.25, 0.3) is 0 Å². The van der Waals surface area contributed by atoms with Crippen LogP contribution in [0.1, 0.15) is 29.8 Å². The lowest BCUT2D eigenvalue weighted by Gasteiger charge is -2.25. The molecule has 0 bridgehead atoms. The molecule has 0 amide bonds. The second kappa shape index (κ2) is 5.41. The Kier molecular flexibility index (Phi) is 3.44. The Hall–Kier alpha value is -2.61. The van der Waals surface area contributed by atoms with Crippen molar-refractivity contribution in [2.24, 2.45) is 0 Å². The number of hydrogen-bond donors (Lipinski definition) is 1. The number of hydrogen-bond acceptors (Lipinski definition) is 4. The molecule has 3 rings (SSSR count). The van der Waals surface area contributed by atoms with Gasteiger partial charge >= 0.3 is 5.97 Å². The molecule has 1 fully saturated rings. The normalized spacial score (nSPS) is 13.9. The number of anilines is 1. The molecule has 1 heterocycles. The van der Waals surface area contributed by atoms with E-state index in [0.29, 0.717) is 24.5 Å². The standard InChI is InChI=1S/C16H15N3O2/c17-8-3-9-19(11-6-7-11)15-10-14(16(20)21)18-13-5-2-1-4-12(13)15/h1-2,4-5,10-11H,3,6-7,9H2,(H,20,21). The lowest BCUT2D eigenvalue weighted by molar-refractivity contribution is 0.0691. The summed E-state index contributed by atoms with van der Waals surface area (Å²) in [6.07, 6.45) is 2.60. The van der Waals surface area contributed by atoms with E-state index < -0.39 is 5.97 Å². The highest BCUT2D eigenvalue weighted by Crippen LogP contribution is 2.36. The first-order valence-corrected chi connectivity index (χ1v) is 6.97. The second-order valence-electron chi connectivity index (χ2n) is 5.18. The van der Waals surface area contributed by atoms with Gasteiger partial charge in [0.05, 0.1) is 18.0 Å². The molecule has 0 unspecified atom stereocenters. The van der Waals surface area contributed by atoms with Gasteiger partial charge in [0.15, 0.2) is 5.69 Å². The number of nitrogens with zero attached hydrogens (tertiary/aromatic N) is 3. The van der Waals surface area contributed by atoms with Crippen molar-refractivity contribution in [2.75, 3.05) is 11.4 Å². The fraction of sp³-hybridized carbons (Fsp3) is 0.312. The summed E-state index contributed by atoms with van der Waals surface area (Å²) in [5.41, 5.74) is 1.59. The summed E-state index contributed by atoms with van der Waals surface area (Å²) < 4.78 is 0. The Labute approximate surface area is 122 Å². The fourth-order valence-electron chi connectivity index (χ4n) is 2.56. The van der Waals surface area contributed by atoms with E-state index in [1.54, 1.807) is 6.07 Å². The number of carboxylic acids is 1. The topological polar surface area (TPSA) is 77.2 Å². The molecule has 21 heavy (non-hydrogen) atoms. The molecule has 0 atom stereocenters. The van der Waals surface area contributed by atoms with Crippen LogP contribution in [0.25, 0.3) is 10.9 Å². The number of aromatic nitrogens is 1. The van der Waals surface area contributed by atoms with Crippen LogP contribution >= 0.6 is 0 Å². The van der Waals surface area contributed by atoms with E-state index in [9.17, 15) is 9.90 Å². The van der Waals surface area contributed by atoms with Crippen LogP contribution in [-0.4, -0.2) is 28.6 Å². The first-order valence-electron chi connectivity index (χ1n) is 6.97. The van der Waals surface area contributed by atoms with Crippen LogP contribution in [-0.2, 0) is 0 Å². The van der Waals surface area contributed by atoms with Crippen molar-refractivity contribution in [3.63, 3.8) is 0 Å². The van der Waals surface area contributed by atoms with E-state index in [1.165, 1.54) is 0 Å². The highest BCUT2D eigenvalue weighted by molar-refractivity contribution is 5.97. The molecule has 106 valence electrons. The summed E-state index contributed by atoms with van der Waals surface area (Å²) in [6.45, 7) is 0.619. The summed E-state index contributed by atoms with van der Waals surface area (Å²) in [6, 6.07) is 11.7. The van der Waals surface area contributed by atoms with Crippen LogP contribution in [0.5, 0.6) is 0 Å². The largest absolute Gasteiger partial charge is 0.477 e. The monoisotopic (exact) mass is 281 g/mol. The maximum Gasteiger partial charge on any atom is 0.354 e. The summed E-state index contributed by atoms with van der Waals surface area (Å²) in [5, 5.41) is 19.0. The van der Waals surface area contributed by atoms with E-state index in [-0.39, 0.29) is 5.69 Å². The average Bonchev–Trinajstić information content (AvgIpc) is 3.32. The van der Waals surface area contributed by atoms with Gasteiger partial charge in [-0.15, -0.1) is 0 Å². The Balaban J connectivity index is 2.14. The predicted molar refractivity (Wildman–Crippen MR) is 79.3 cm³/mol. The molecule has 1 N–H and O–H groups in total. The first kappa shape index (κ1) is 13.4. The van der Waals surface area contributed by atoms with Gasteiger partial charge in [0.1, 0.15) is 0 Å². The third kappa shape index (κ3) is 2.65. The number of carboxylic acid groups (broad SMARTS) is 1. The molecular formula is C16H15N3O2. The lowest BCUT2D eigenvalue weighted by atomic mass is 10.1. The Morgan fingerprint density at radius 2 is 2.19 bits per heavy atom. The number of rotatable bonds is 5. The number of nitriles is 1. The van der Waals surface area contributed by atoms with E-state index in [4.69, 9.17) is 5.26 Å². The molecule has 5 nitrogen and oxygen atoms in total. The zero-order valence-electron chi connectivity index (χ0n) is 11.5. The molecule has 1 aliphatic carbocycles. The van der Waals surface area contributed by atoms with Crippen LogP contribution in [0.3, 0.4) is 0 Å². The SMILES string of the molecule is N#CCCN(c1cc(C(=O)O)nc2ccccc12)C1CC1. The highest BCUT2D eigenvalue weighted by atomic mass is 16.4. The van der Waals surface area contributed by atoms with Crippen molar-refractivity contribution < 1.29 is 9.90 Å². The van der Waals surface area contributed by atoms with Gasteiger partial charge in [-0.05, 0) is 25.0 Å². The third-order valence-electron chi connectivity index (χ3n) is 3.68. The van der Waals surface area contributed by atoms with Gasteiger partial charge in [-0.3, -0.25) is 0 Å². The van der Waals surface area contributed by atoms with Crippen molar-refractivity contribution in [1.29, 1.82) is 5.26 Å². The molecule has 0 radical (unpaired) electrons. The Morgan fingerprint density at radius 1 is 1.43 bits per heavy atom. The summed E-state index contributed by atoms with van der Waals surface area (Å²) in [7, 11) is 0. The van der Waals surface area contributed by atoms with Crippen molar-refractivity contribution in [3.8, 4) is 6.07 Å². The molecule has 0 spiro atoms. The number of fused-ring (bicyclic) bond motifs is 1. The molecule has 1 saturated carbocycles. The highest BCUT2D eigenvalue weighted by Gasteiger charge is 2.30. The van der Waals surface area contributed by atoms with Gasteiger partial charge in [-0.1, -0.05) is 18.2 Å². The van der Waals surface area contributed by atoms with Gasteiger partial charge in [0, 0.05) is 23.7 Å². The molecule has 0 saturated heterocycles. The second-order valence-corrected chi connectivity index (χ2v) is 5.18. The first-order chi connectivity index (χ1) is 10.2. The van der Waals surface area contributed by atoms with Gasteiger partial charge in [-0.2, -0.15) is 5.26 Å². The quantitative estimate of drug-likeness (QED) is 0.911. The number of aromatic carboxylic acids is 1. The molecule has 1 aliphatic rings. The predicted octanol–water partition coefficient (Wildman–Crippen LogP) is 2.82. The summed E-state index contributed by atoms with van der Waals surface area (Å²) in [4.78, 5) is 17.6. The maximum absolute atomic E-state index is 11.3. The molecule has 1 aromatic heterocycles. The Morgan fingerprint density at radius 3 is 2.86 bits per heavy atom. The molecular weight excluding hydrogens is 266 g/mol. The minimum Gasteiger partial charge on any atom is -0.477 e. The zero-order valence-corrected chi connectivity index (χ0v) is 11.5. The van der Waals surface area contributed by atoms with E-state index in [0.717, 1.165) is 23.9 Å². The zero-order chi connectivity index (χ0) is 14.8. The molecule has 2 aromatic rings. The fourth-order valence-corrected chi connectivity index (χ4v) is 2.56. The minimum absolute atomic E-state index is 0.0475. The minimum atomic E-state index is -1.03. The summed E-state index contributed by atoms with van der Waals surface area (Å²) in [5.74, 6) is -1.03. The van der Waals surface area contributed by atoms with E-state index in [2.05, 4.69) is 16.0 Å². The maximum atomic E-state index is 11.3. The molecule has 1 aromatic carbocycles. The van der Waals surface area contributed by atoms with Crippen molar-refractivity contribution in [2.45, 2.75) is 25.3 Å².